The molecular weight excluding hydrogens is 392 g/mol. The molecule has 2 aliphatic carbocycles. The summed E-state index contributed by atoms with van der Waals surface area (Å²) < 4.78 is 0. The molecule has 0 saturated heterocycles. The third-order valence-electron chi connectivity index (χ3n) is 7.11. The van der Waals surface area contributed by atoms with E-state index in [9.17, 15) is 4.79 Å². The van der Waals surface area contributed by atoms with Gasteiger partial charge in [0.05, 0.1) is 0 Å². The quantitative estimate of drug-likeness (QED) is 0.754. The van der Waals surface area contributed by atoms with Crippen molar-refractivity contribution in [2.24, 2.45) is 0 Å². The van der Waals surface area contributed by atoms with E-state index in [-0.39, 0.29) is 12.1 Å². The lowest BCUT2D eigenvalue weighted by Gasteiger charge is -2.31. The molecule has 0 aromatic heterocycles. The molecule has 2 aromatic carbocycles. The highest BCUT2D eigenvalue weighted by Crippen LogP contribution is 2.35. The SMILES string of the molecule is O=C1C2=C(CCCC2)[C@H]([NH2+][C@H]2CCCc3ccccc32)N1CCc1ccc(Cl)cc1. The van der Waals surface area contributed by atoms with Gasteiger partial charge in [-0.1, -0.05) is 48.0 Å². The van der Waals surface area contributed by atoms with Gasteiger partial charge in [0, 0.05) is 34.7 Å². The first-order chi connectivity index (χ1) is 14.7. The molecule has 1 aliphatic heterocycles. The van der Waals surface area contributed by atoms with Crippen molar-refractivity contribution in [2.45, 2.75) is 63.6 Å². The second-order valence-corrected chi connectivity index (χ2v) is 9.36. The summed E-state index contributed by atoms with van der Waals surface area (Å²) in [5.41, 5.74) is 6.71. The summed E-state index contributed by atoms with van der Waals surface area (Å²) in [5.74, 6) is 0.281. The normalized spacial score (nSPS) is 23.5. The number of fused-ring (bicyclic) bond motifs is 1. The number of nitrogens with two attached hydrogens (primary N) is 1. The van der Waals surface area contributed by atoms with Crippen molar-refractivity contribution in [3.8, 4) is 0 Å². The molecule has 0 fully saturated rings. The summed E-state index contributed by atoms with van der Waals surface area (Å²) in [7, 11) is 0. The van der Waals surface area contributed by atoms with Crippen LogP contribution in [0, 0.1) is 0 Å². The van der Waals surface area contributed by atoms with Gasteiger partial charge in [-0.15, -0.1) is 0 Å². The molecule has 3 nitrogen and oxygen atoms in total. The van der Waals surface area contributed by atoms with Crippen LogP contribution in [0.3, 0.4) is 0 Å². The Kier molecular flexibility index (Phi) is 5.66. The van der Waals surface area contributed by atoms with Crippen LogP contribution in [0.2, 0.25) is 5.02 Å². The third kappa shape index (κ3) is 3.81. The second kappa shape index (κ2) is 8.56. The van der Waals surface area contributed by atoms with Crippen LogP contribution in [-0.2, 0) is 17.6 Å². The van der Waals surface area contributed by atoms with Gasteiger partial charge in [-0.25, -0.2) is 0 Å². The van der Waals surface area contributed by atoms with Gasteiger partial charge in [-0.3, -0.25) is 9.69 Å². The van der Waals surface area contributed by atoms with Crippen LogP contribution in [0.25, 0.3) is 0 Å². The van der Waals surface area contributed by atoms with E-state index in [1.807, 2.05) is 12.1 Å². The van der Waals surface area contributed by atoms with E-state index in [2.05, 4.69) is 46.6 Å². The Morgan fingerprint density at radius 3 is 2.63 bits per heavy atom. The Labute approximate surface area is 184 Å². The molecule has 30 heavy (non-hydrogen) atoms. The fourth-order valence-corrected chi connectivity index (χ4v) is 5.69. The molecule has 2 N–H and O–H groups in total. The van der Waals surface area contributed by atoms with Crippen LogP contribution < -0.4 is 5.32 Å². The van der Waals surface area contributed by atoms with Crippen LogP contribution in [0.1, 0.15) is 61.3 Å². The van der Waals surface area contributed by atoms with Crippen molar-refractivity contribution in [1.29, 1.82) is 0 Å². The Hall–Kier alpha value is -2.10. The van der Waals surface area contributed by atoms with Crippen molar-refractivity contribution in [1.82, 2.24) is 4.90 Å². The zero-order valence-electron chi connectivity index (χ0n) is 17.4. The van der Waals surface area contributed by atoms with E-state index in [4.69, 9.17) is 11.6 Å². The average Bonchev–Trinajstić information content (AvgIpc) is 3.05. The molecule has 0 unspecified atom stereocenters. The van der Waals surface area contributed by atoms with Gasteiger partial charge in [0.1, 0.15) is 6.04 Å². The molecule has 2 atom stereocenters. The van der Waals surface area contributed by atoms with E-state index >= 15 is 0 Å². The summed E-state index contributed by atoms with van der Waals surface area (Å²) in [5, 5.41) is 3.26. The molecule has 1 heterocycles. The van der Waals surface area contributed by atoms with Crippen molar-refractivity contribution in [3.05, 3.63) is 81.4 Å². The number of carbonyl (C=O) groups excluding carboxylic acids is 1. The third-order valence-corrected chi connectivity index (χ3v) is 7.36. The molecule has 156 valence electrons. The number of hydrogen-bond donors (Lipinski definition) is 1. The molecule has 2 aromatic rings. The van der Waals surface area contributed by atoms with E-state index in [0.29, 0.717) is 6.04 Å². The predicted molar refractivity (Wildman–Crippen MR) is 120 cm³/mol. The number of halogens is 1. The van der Waals surface area contributed by atoms with Gasteiger partial charge >= 0.3 is 0 Å². The van der Waals surface area contributed by atoms with Crippen LogP contribution in [0.15, 0.2) is 59.7 Å². The summed E-state index contributed by atoms with van der Waals surface area (Å²) >= 11 is 6.04. The Balaban J connectivity index is 1.39. The first kappa shape index (κ1) is 19.8. The topological polar surface area (TPSA) is 36.9 Å². The highest BCUT2D eigenvalue weighted by atomic mass is 35.5. The fourth-order valence-electron chi connectivity index (χ4n) is 5.56. The maximum absolute atomic E-state index is 13.3. The summed E-state index contributed by atoms with van der Waals surface area (Å²) in [6.07, 6.45) is 9.03. The van der Waals surface area contributed by atoms with E-state index < -0.39 is 0 Å². The zero-order chi connectivity index (χ0) is 20.5. The number of amides is 1. The van der Waals surface area contributed by atoms with Gasteiger partial charge in [-0.2, -0.15) is 0 Å². The maximum atomic E-state index is 13.3. The molecule has 0 bridgehead atoms. The minimum atomic E-state index is 0.163. The molecular formula is C26H30ClN2O+. The highest BCUT2D eigenvalue weighted by Gasteiger charge is 2.43. The minimum Gasteiger partial charge on any atom is -0.317 e. The monoisotopic (exact) mass is 421 g/mol. The smallest absolute Gasteiger partial charge is 0.254 e. The van der Waals surface area contributed by atoms with Gasteiger partial charge in [0.25, 0.3) is 5.91 Å². The lowest BCUT2D eigenvalue weighted by atomic mass is 9.86. The number of nitrogens with zero attached hydrogens (tertiary/aromatic N) is 1. The first-order valence-corrected chi connectivity index (χ1v) is 11.8. The molecule has 3 aliphatic rings. The van der Waals surface area contributed by atoms with Crippen LogP contribution in [0.4, 0.5) is 0 Å². The molecule has 0 radical (unpaired) electrons. The van der Waals surface area contributed by atoms with E-state index in [1.54, 1.807) is 0 Å². The van der Waals surface area contributed by atoms with Gasteiger partial charge < -0.3 is 5.32 Å². The summed E-state index contributed by atoms with van der Waals surface area (Å²) in [4.78, 5) is 15.5. The highest BCUT2D eigenvalue weighted by molar-refractivity contribution is 6.30. The van der Waals surface area contributed by atoms with Crippen molar-refractivity contribution >= 4 is 17.5 Å². The van der Waals surface area contributed by atoms with Crippen LogP contribution in [0.5, 0.6) is 0 Å². The fraction of sp³-hybridized carbons (Fsp3) is 0.423. The standard InChI is InChI=1S/C26H29ClN2O/c27-20-14-12-18(13-15-20)16-17-29-25(22-9-3-4-10-23(22)26(29)30)28-24-11-5-7-19-6-1-2-8-21(19)24/h1-2,6,8,12-15,24-25,28H,3-5,7,9-11,16-17H2/p+1/t24-,25+/m0/s1. The van der Waals surface area contributed by atoms with Crippen LogP contribution in [-0.4, -0.2) is 23.5 Å². The number of rotatable bonds is 5. The van der Waals surface area contributed by atoms with Crippen molar-refractivity contribution < 1.29 is 10.1 Å². The molecule has 1 amide bonds. The summed E-state index contributed by atoms with van der Waals surface area (Å²) in [6, 6.07) is 17.4. The Bertz CT molecular complexity index is 965. The van der Waals surface area contributed by atoms with Gasteiger partial charge in [0.15, 0.2) is 6.17 Å². The molecule has 4 heteroatoms. The average molecular weight is 422 g/mol. The number of carbonyl (C=O) groups is 1. The lowest BCUT2D eigenvalue weighted by molar-refractivity contribution is -0.735. The van der Waals surface area contributed by atoms with Crippen molar-refractivity contribution in [3.63, 3.8) is 0 Å². The molecule has 5 rings (SSSR count). The largest absolute Gasteiger partial charge is 0.317 e. The van der Waals surface area contributed by atoms with Crippen LogP contribution >= 0.6 is 11.6 Å². The number of benzene rings is 2. The maximum Gasteiger partial charge on any atom is 0.254 e. The molecule has 0 spiro atoms. The first-order valence-electron chi connectivity index (χ1n) is 11.4. The van der Waals surface area contributed by atoms with Gasteiger partial charge in [-0.05, 0) is 68.2 Å². The lowest BCUT2D eigenvalue weighted by Crippen LogP contribution is -2.94. The zero-order valence-corrected chi connectivity index (χ0v) is 18.2. The minimum absolute atomic E-state index is 0.163. The summed E-state index contributed by atoms with van der Waals surface area (Å²) in [6.45, 7) is 0.767. The second-order valence-electron chi connectivity index (χ2n) is 8.92. The number of quaternary nitrogens is 1. The Morgan fingerprint density at radius 2 is 1.77 bits per heavy atom. The van der Waals surface area contributed by atoms with Gasteiger partial charge in [0.2, 0.25) is 0 Å². The van der Waals surface area contributed by atoms with E-state index in [1.165, 1.54) is 47.9 Å². The van der Waals surface area contributed by atoms with E-state index in [0.717, 1.165) is 42.8 Å². The number of aryl methyl sites for hydroxylation is 1. The predicted octanol–water partition coefficient (Wildman–Crippen LogP) is 4.56. The number of hydrogen-bond acceptors (Lipinski definition) is 1. The molecule has 0 saturated carbocycles. The Morgan fingerprint density at radius 1 is 0.967 bits per heavy atom. The van der Waals surface area contributed by atoms with Crippen molar-refractivity contribution in [2.75, 3.05) is 6.54 Å².